The average Bonchev–Trinajstić information content (AvgIpc) is 1.47. The molecule has 1 aliphatic carbocycles. The maximum atomic E-state index is 14.6. The number of fused-ring (bicyclic) bond motifs is 7. The van der Waals surface area contributed by atoms with Gasteiger partial charge in [0, 0.05) is 126 Å². The first kappa shape index (κ1) is 87.2. The van der Waals surface area contributed by atoms with Crippen LogP contribution in [0.4, 0.5) is 16.4 Å². The molecule has 2 saturated heterocycles. The van der Waals surface area contributed by atoms with Crippen LogP contribution in [-0.4, -0.2) is 254 Å². The Labute approximate surface area is 665 Å². The summed E-state index contributed by atoms with van der Waals surface area (Å²) in [5.74, 6) is -7.02. The number of likely N-dealkylation sites (N-methyl/N-ethyl adjacent to an activating group) is 1. The average molecular weight is 1620 g/mol. The number of aliphatic hydroxyl groups excluding tert-OH is 5. The Bertz CT molecular complexity index is 4660. The largest absolute Gasteiger partial charge is 0.496 e. The van der Waals surface area contributed by atoms with Gasteiger partial charge in [-0.25, -0.2) is 20.2 Å². The third-order valence-corrected chi connectivity index (χ3v) is 26.3. The Hall–Kier alpha value is -9.23. The van der Waals surface area contributed by atoms with E-state index in [0.717, 1.165) is 59.5 Å². The monoisotopic (exact) mass is 1620 g/mol. The van der Waals surface area contributed by atoms with E-state index in [1.54, 1.807) is 26.2 Å². The summed E-state index contributed by atoms with van der Waals surface area (Å²) in [6.45, 7) is 12.8. The van der Waals surface area contributed by atoms with Crippen molar-refractivity contribution in [1.82, 2.24) is 50.9 Å². The number of nitrogens with one attached hydrogen (secondary N) is 5. The van der Waals surface area contributed by atoms with Gasteiger partial charge in [0.05, 0.1) is 55.7 Å². The van der Waals surface area contributed by atoms with Crippen LogP contribution >= 0.6 is 21.6 Å². The lowest BCUT2D eigenvalue weighted by atomic mass is 9.47. The summed E-state index contributed by atoms with van der Waals surface area (Å²) < 4.78 is 11.4. The number of aromatic amines is 2. The molecule has 0 radical (unpaired) electrons. The fraction of sp³-hybridized carbons (Fsp3) is 0.544. The standard InChI is InChI=1S/C45H60N6O7.C33H42N6O12S2.CO2/c1-7-42(55)24-27-23-41(4,35-29(15-19-50(25-27)26-42)28-13-10-11-14-32(28)46-35)31-21-30-33(22-34(31)57-6)49(5)37-44(30)17-20-51-18-12-16-43(8-2,36(44)51)38(52)45(37,56)39(53)47-48-40(54)58-9-3;1-2-52-53-15-19(32(50)51)12-22(42)25(28(46)27(45)23(43)14-40)37-24(44)10-8-18(31(48)49)11-21(41)17-6-3-16(4-7-17)5-9-20-13-35-29-26(36-20)30(47)39-33(34)38-29;2-1-3/h10-14,16,21-22,27,36-38,46,52,55-56H,7-9,15,17-20,23-26H2,1-6H3,(H,47,53)(H,48,54);3-4,6-7,13,18-19,23,25,27-28,40,43,45-46H,2,5,8-12,14-15H2,1H3,(H,37,44)(H,48,49)(H,50,51)(H3,34,35,38,39,47);/t27-,36-,37+,38+,41+,42-,43+,44+,45-;18-,19+,23-,25-,27-,28-;/m01./s1. The quantitative estimate of drug-likeness (QED) is 0.0105. The predicted molar refractivity (Wildman–Crippen MR) is 420 cm³/mol. The van der Waals surface area contributed by atoms with Crippen molar-refractivity contribution < 1.29 is 98.6 Å². The van der Waals surface area contributed by atoms with Crippen molar-refractivity contribution in [3.8, 4) is 5.75 Å². The fourth-order valence-corrected chi connectivity index (χ4v) is 20.4. The molecule has 1 saturated carbocycles. The number of hydrogen-bond donors (Lipinski definition) is 15. The molecule has 2 bridgehead atoms. The molecule has 3 amide bonds. The number of anilines is 2. The summed E-state index contributed by atoms with van der Waals surface area (Å²) in [6.07, 6.45) is 0.250. The molecule has 35 heteroatoms. The molecule has 12 rings (SSSR count). The first-order valence-corrected chi connectivity index (χ1v) is 40.7. The van der Waals surface area contributed by atoms with Crippen molar-refractivity contribution in [2.24, 2.45) is 23.2 Å². The van der Waals surface area contributed by atoms with Crippen molar-refractivity contribution in [2.45, 2.75) is 176 Å². The maximum Gasteiger partial charge on any atom is 0.426 e. The van der Waals surface area contributed by atoms with Crippen LogP contribution in [0.2, 0.25) is 0 Å². The summed E-state index contributed by atoms with van der Waals surface area (Å²) in [4.78, 5) is 144. The number of methoxy groups -OCH3 is 1. The number of nitrogens with zero attached hydrogens (tertiary/aromatic N) is 6. The van der Waals surface area contributed by atoms with Crippen LogP contribution in [-0.2, 0) is 68.4 Å². The number of ether oxygens (including phenoxy) is 2. The third kappa shape index (κ3) is 17.5. The Morgan fingerprint density at radius 2 is 1.58 bits per heavy atom. The number of aryl methyl sites for hydroxylation is 2. The van der Waals surface area contributed by atoms with Crippen molar-refractivity contribution in [3.05, 3.63) is 129 Å². The van der Waals surface area contributed by atoms with Crippen LogP contribution in [0.25, 0.3) is 22.1 Å². The van der Waals surface area contributed by atoms with E-state index in [9.17, 15) is 84.3 Å². The van der Waals surface area contributed by atoms with Gasteiger partial charge in [-0.05, 0) is 113 Å². The number of amides is 3. The molecular formula is C79H102N12O21S2. The molecule has 1 spiro atoms. The van der Waals surface area contributed by atoms with Gasteiger partial charge in [-0.2, -0.15) is 14.6 Å². The van der Waals surface area contributed by atoms with Crippen LogP contribution in [0.5, 0.6) is 5.75 Å². The molecule has 33 nitrogen and oxygen atoms in total. The number of carbonyl (C=O) groups excluding carboxylic acids is 7. The molecule has 16 N–H and O–H groups in total. The number of carboxylic acids is 2. The van der Waals surface area contributed by atoms with E-state index < -0.39 is 149 Å². The highest BCUT2D eigenvalue weighted by atomic mass is 33.1. The molecule has 8 heterocycles. The number of hydrazine groups is 1. The minimum absolute atomic E-state index is 0.0215. The molecular weight excluding hydrogens is 1520 g/mol. The maximum absolute atomic E-state index is 14.6. The van der Waals surface area contributed by atoms with E-state index in [2.05, 4.69) is 107 Å². The van der Waals surface area contributed by atoms with E-state index in [-0.39, 0.29) is 59.6 Å². The second-order valence-corrected chi connectivity index (χ2v) is 33.3. The normalized spacial score (nSPS) is 26.0. The van der Waals surface area contributed by atoms with E-state index in [0.29, 0.717) is 75.4 Å². The lowest BCUT2D eigenvalue weighted by Crippen LogP contribution is -2.82. The van der Waals surface area contributed by atoms with Gasteiger partial charge in [0.15, 0.2) is 28.3 Å². The van der Waals surface area contributed by atoms with Gasteiger partial charge >= 0.3 is 24.2 Å². The van der Waals surface area contributed by atoms with E-state index >= 15 is 0 Å². The fourth-order valence-electron chi connectivity index (χ4n) is 18.4. The molecule has 114 heavy (non-hydrogen) atoms. The number of para-hydroxylation sites is 1. The number of nitrogens with two attached hydrogens (primary N) is 1. The van der Waals surface area contributed by atoms with Crippen LogP contribution in [0.15, 0.2) is 83.8 Å². The molecule has 5 aliphatic heterocycles. The van der Waals surface area contributed by atoms with E-state index in [4.69, 9.17) is 24.8 Å². The highest BCUT2D eigenvalue weighted by Gasteiger charge is 2.79. The molecule has 6 aromatic rings. The lowest BCUT2D eigenvalue weighted by Gasteiger charge is -2.63. The molecule has 1 unspecified atom stereocenters. The summed E-state index contributed by atoms with van der Waals surface area (Å²) in [5.41, 5.74) is 12.3. The van der Waals surface area contributed by atoms with Crippen molar-refractivity contribution in [2.75, 3.05) is 82.2 Å². The van der Waals surface area contributed by atoms with Crippen molar-refractivity contribution >= 4 is 103 Å². The van der Waals surface area contributed by atoms with Gasteiger partial charge in [-0.3, -0.25) is 53.8 Å². The number of benzene rings is 3. The van der Waals surface area contributed by atoms with Crippen LogP contribution < -0.4 is 37.1 Å². The zero-order chi connectivity index (χ0) is 82.9. The zero-order valence-electron chi connectivity index (χ0n) is 64.6. The van der Waals surface area contributed by atoms with Crippen molar-refractivity contribution in [1.29, 1.82) is 0 Å². The van der Waals surface area contributed by atoms with Crippen molar-refractivity contribution in [3.63, 3.8) is 0 Å². The molecule has 3 aromatic carbocycles. The second kappa shape index (κ2) is 36.7. The molecule has 3 aromatic heterocycles. The minimum Gasteiger partial charge on any atom is -0.496 e. The highest BCUT2D eigenvalue weighted by Crippen LogP contribution is 2.68. The number of Topliss-reactive ketones (excluding diaryl/α,β-unsaturated/α-hetero) is 2. The Kier molecular flexibility index (Phi) is 28.1. The smallest absolute Gasteiger partial charge is 0.426 e. The van der Waals surface area contributed by atoms with Gasteiger partial charge in [-0.15, -0.1) is 0 Å². The summed E-state index contributed by atoms with van der Waals surface area (Å²) in [6, 6.07) is 16.3. The Morgan fingerprint density at radius 1 is 0.860 bits per heavy atom. The number of aliphatic hydroxyl groups is 7. The predicted octanol–water partition coefficient (Wildman–Crippen LogP) is 3.04. The van der Waals surface area contributed by atoms with Gasteiger partial charge in [0.1, 0.15) is 36.2 Å². The number of rotatable bonds is 29. The minimum atomic E-state index is -2.37. The Morgan fingerprint density at radius 3 is 2.25 bits per heavy atom. The topological polar surface area (TPSA) is 513 Å². The van der Waals surface area contributed by atoms with Gasteiger partial charge < -0.3 is 76.4 Å². The molecule has 6 aliphatic rings. The first-order valence-electron chi connectivity index (χ1n) is 38.2. The number of carboxylic acid groups (broad SMARTS) is 2. The molecule has 16 atom stereocenters. The van der Waals surface area contributed by atoms with Crippen LogP contribution in [0, 0.1) is 23.2 Å². The number of H-pyrrole nitrogens is 2. The molecule has 3 fully saturated rings. The molecule has 616 valence electrons. The third-order valence-electron chi connectivity index (χ3n) is 23.7. The number of aromatic nitrogens is 5. The Balaban J connectivity index is 0.000000235. The number of ketones is 2. The SMILES string of the molecule is CCOC(=O)NNC(=O)[C@@]1(O)[C@H](O)[C@]2(CC)C=CCN3CC[C@@]4(c5cc([C@@]6(C)C[C@@H]7CN(CCc8c6[nH]c6ccccc86)C[C@](O)(CC)C7)c(OC)cc5N(C)[C@@H]14)[C@@H]32.CCSSC[C@H](CC(=O)[C@@H](NC(=O)CC[C@H](CC(=O)c1ccc(CCc2cnc3nc(N)[nH]c(=O)c3n2)cc1)C(=O)O)[C@@H](O)[C@H](O)[C@H](O)CO)C(=O)O.O=C=O. The number of hydrogen-bond acceptors (Lipinski definition) is 28. The number of piperidine rings is 1. The van der Waals surface area contributed by atoms with Crippen LogP contribution in [0.1, 0.15) is 136 Å². The summed E-state index contributed by atoms with van der Waals surface area (Å²) in [5, 5.41) is 100. The van der Waals surface area contributed by atoms with Gasteiger partial charge in [0.2, 0.25) is 11.9 Å². The zero-order valence-corrected chi connectivity index (χ0v) is 66.3. The summed E-state index contributed by atoms with van der Waals surface area (Å²) >= 11 is 0. The first-order chi connectivity index (χ1) is 54.3. The number of aliphatic carboxylic acids is 2. The van der Waals surface area contributed by atoms with Gasteiger partial charge in [-0.1, -0.05) is 97.0 Å². The van der Waals surface area contributed by atoms with E-state index in [1.807, 2.05) is 31.9 Å². The summed E-state index contributed by atoms with van der Waals surface area (Å²) in [7, 11) is 6.17. The second-order valence-electron chi connectivity index (χ2n) is 30.5. The van der Waals surface area contributed by atoms with E-state index in [1.165, 1.54) is 50.9 Å². The highest BCUT2D eigenvalue weighted by molar-refractivity contribution is 8.76. The van der Waals surface area contributed by atoms with Gasteiger partial charge in [0.25, 0.3) is 11.5 Å². The lowest BCUT2D eigenvalue weighted by molar-refractivity contribution is -0.204. The van der Waals surface area contributed by atoms with Crippen LogP contribution in [0.3, 0.4) is 0 Å². The number of nitrogen functional groups attached to an aromatic ring is 1. The number of carbonyl (C=O) groups is 7.